The van der Waals surface area contributed by atoms with E-state index in [1.165, 1.54) is 44.1 Å². The number of aliphatic hydroxyl groups is 1. The Morgan fingerprint density at radius 1 is 1.18 bits per heavy atom. The highest BCUT2D eigenvalue weighted by Gasteiger charge is 2.39. The minimum absolute atomic E-state index is 0.0970. The van der Waals surface area contributed by atoms with E-state index in [9.17, 15) is 5.11 Å². The Morgan fingerprint density at radius 2 is 1.82 bits per heavy atom. The van der Waals surface area contributed by atoms with Gasteiger partial charge in [-0.05, 0) is 46.6 Å². The second kappa shape index (κ2) is 5.11. The van der Waals surface area contributed by atoms with Gasteiger partial charge in [0.05, 0.1) is 6.10 Å². The summed E-state index contributed by atoms with van der Waals surface area (Å²) in [6.45, 7) is 0. The van der Waals surface area contributed by atoms with Crippen molar-refractivity contribution in [2.24, 2.45) is 17.8 Å². The predicted octanol–water partition coefficient (Wildman–Crippen LogP) is 3.87. The first-order valence-corrected chi connectivity index (χ1v) is 7.98. The highest BCUT2D eigenvalue weighted by atomic mass is 32.1. The van der Waals surface area contributed by atoms with Crippen LogP contribution >= 0.6 is 11.3 Å². The zero-order valence-corrected chi connectivity index (χ0v) is 11.2. The summed E-state index contributed by atoms with van der Waals surface area (Å²) in [5.74, 6) is 2.25. The predicted molar refractivity (Wildman–Crippen MR) is 72.2 cm³/mol. The number of hydrogen-bond acceptors (Lipinski definition) is 2. The van der Waals surface area contributed by atoms with Crippen LogP contribution in [0.15, 0.2) is 16.8 Å². The molecule has 0 aliphatic heterocycles. The summed E-state index contributed by atoms with van der Waals surface area (Å²) >= 11 is 1.74. The van der Waals surface area contributed by atoms with Crippen molar-refractivity contribution in [1.29, 1.82) is 0 Å². The summed E-state index contributed by atoms with van der Waals surface area (Å²) in [6.07, 6.45) is 9.01. The van der Waals surface area contributed by atoms with Crippen LogP contribution in [0.3, 0.4) is 0 Å². The van der Waals surface area contributed by atoms with Crippen molar-refractivity contribution in [3.63, 3.8) is 0 Å². The zero-order valence-electron chi connectivity index (χ0n) is 10.3. The van der Waals surface area contributed by atoms with Crippen LogP contribution in [0.1, 0.15) is 44.1 Å². The lowest BCUT2D eigenvalue weighted by Gasteiger charge is -2.45. The topological polar surface area (TPSA) is 20.2 Å². The number of rotatable bonds is 5. The molecule has 2 heteroatoms. The molecule has 1 N–H and O–H groups in total. The van der Waals surface area contributed by atoms with Crippen LogP contribution in [-0.2, 0) is 6.42 Å². The van der Waals surface area contributed by atoms with Gasteiger partial charge in [-0.1, -0.05) is 38.5 Å². The Kier molecular flexibility index (Phi) is 3.53. The SMILES string of the molecule is OC(Cc1ccsc1)C(C1CCC1)C1CCC1. The van der Waals surface area contributed by atoms with Gasteiger partial charge in [-0.25, -0.2) is 0 Å². The molecule has 0 radical (unpaired) electrons. The van der Waals surface area contributed by atoms with Crippen LogP contribution in [0.5, 0.6) is 0 Å². The van der Waals surface area contributed by atoms with E-state index >= 15 is 0 Å². The molecule has 3 rings (SSSR count). The molecule has 17 heavy (non-hydrogen) atoms. The second-order valence-corrected chi connectivity index (χ2v) is 6.64. The van der Waals surface area contributed by atoms with E-state index in [0.717, 1.165) is 18.3 Å². The normalized spacial score (nSPS) is 23.4. The van der Waals surface area contributed by atoms with Crippen molar-refractivity contribution in [1.82, 2.24) is 0 Å². The maximum atomic E-state index is 10.6. The molecular formula is C15H22OS. The molecule has 1 aromatic heterocycles. The summed E-state index contributed by atoms with van der Waals surface area (Å²) in [7, 11) is 0. The van der Waals surface area contributed by atoms with Crippen molar-refractivity contribution in [2.75, 3.05) is 0 Å². The van der Waals surface area contributed by atoms with Gasteiger partial charge in [0.1, 0.15) is 0 Å². The van der Waals surface area contributed by atoms with Gasteiger partial charge in [0, 0.05) is 0 Å². The molecule has 1 atom stereocenters. The van der Waals surface area contributed by atoms with Crippen molar-refractivity contribution in [3.05, 3.63) is 22.4 Å². The smallest absolute Gasteiger partial charge is 0.0614 e. The fourth-order valence-corrected chi connectivity index (χ4v) is 4.13. The van der Waals surface area contributed by atoms with Gasteiger partial charge in [-0.15, -0.1) is 0 Å². The molecule has 0 bridgehead atoms. The molecule has 1 aromatic rings. The van der Waals surface area contributed by atoms with Crippen LogP contribution in [-0.4, -0.2) is 11.2 Å². The third-order valence-electron chi connectivity index (χ3n) is 4.86. The van der Waals surface area contributed by atoms with Crippen LogP contribution in [0, 0.1) is 17.8 Å². The third-order valence-corrected chi connectivity index (χ3v) is 5.59. The molecule has 2 aliphatic rings. The van der Waals surface area contributed by atoms with E-state index in [0.29, 0.717) is 5.92 Å². The first-order chi connectivity index (χ1) is 8.34. The van der Waals surface area contributed by atoms with E-state index in [-0.39, 0.29) is 6.10 Å². The molecule has 94 valence electrons. The number of thiophene rings is 1. The molecular weight excluding hydrogens is 228 g/mol. The molecule has 1 heterocycles. The van der Waals surface area contributed by atoms with E-state index in [1.807, 2.05) is 0 Å². The fraction of sp³-hybridized carbons (Fsp3) is 0.733. The van der Waals surface area contributed by atoms with Gasteiger partial charge in [0.15, 0.2) is 0 Å². The van der Waals surface area contributed by atoms with E-state index in [4.69, 9.17) is 0 Å². The molecule has 2 saturated carbocycles. The Balaban J connectivity index is 1.64. The van der Waals surface area contributed by atoms with E-state index in [2.05, 4.69) is 16.8 Å². The average Bonchev–Trinajstić information content (AvgIpc) is 2.63. The Labute approximate surface area is 108 Å². The van der Waals surface area contributed by atoms with Crippen molar-refractivity contribution >= 4 is 11.3 Å². The summed E-state index contributed by atoms with van der Waals surface area (Å²) in [5.41, 5.74) is 1.33. The van der Waals surface area contributed by atoms with Gasteiger partial charge in [-0.2, -0.15) is 11.3 Å². The van der Waals surface area contributed by atoms with Crippen molar-refractivity contribution in [2.45, 2.75) is 51.0 Å². The standard InChI is InChI=1S/C15H22OS/c16-14(9-11-7-8-17-10-11)15(12-3-1-4-12)13-5-2-6-13/h7-8,10,12-16H,1-6,9H2. The van der Waals surface area contributed by atoms with Crippen LogP contribution in [0.2, 0.25) is 0 Å². The summed E-state index contributed by atoms with van der Waals surface area (Å²) in [4.78, 5) is 0. The third kappa shape index (κ3) is 2.43. The quantitative estimate of drug-likeness (QED) is 0.841. The summed E-state index contributed by atoms with van der Waals surface area (Å²) in [6, 6.07) is 2.16. The molecule has 0 saturated heterocycles. The molecule has 1 unspecified atom stereocenters. The first kappa shape index (κ1) is 11.7. The van der Waals surface area contributed by atoms with E-state index in [1.54, 1.807) is 11.3 Å². The average molecular weight is 250 g/mol. The van der Waals surface area contributed by atoms with E-state index < -0.39 is 0 Å². The maximum Gasteiger partial charge on any atom is 0.0614 e. The zero-order chi connectivity index (χ0) is 11.7. The van der Waals surface area contributed by atoms with Gasteiger partial charge < -0.3 is 5.11 Å². The number of hydrogen-bond donors (Lipinski definition) is 1. The van der Waals surface area contributed by atoms with Gasteiger partial charge >= 0.3 is 0 Å². The summed E-state index contributed by atoms with van der Waals surface area (Å²) in [5, 5.41) is 14.9. The fourth-order valence-electron chi connectivity index (χ4n) is 3.45. The van der Waals surface area contributed by atoms with Crippen molar-refractivity contribution < 1.29 is 5.11 Å². The Morgan fingerprint density at radius 3 is 2.24 bits per heavy atom. The van der Waals surface area contributed by atoms with Crippen LogP contribution < -0.4 is 0 Å². The molecule has 0 aromatic carbocycles. The minimum Gasteiger partial charge on any atom is -0.392 e. The lowest BCUT2D eigenvalue weighted by molar-refractivity contribution is -0.0169. The second-order valence-electron chi connectivity index (χ2n) is 5.86. The highest BCUT2D eigenvalue weighted by Crippen LogP contribution is 2.46. The number of aliphatic hydroxyl groups excluding tert-OH is 1. The van der Waals surface area contributed by atoms with Gasteiger partial charge in [0.2, 0.25) is 0 Å². The Hall–Kier alpha value is -0.340. The monoisotopic (exact) mass is 250 g/mol. The minimum atomic E-state index is -0.0970. The van der Waals surface area contributed by atoms with Crippen LogP contribution in [0.25, 0.3) is 0 Å². The lowest BCUT2D eigenvalue weighted by Crippen LogP contribution is -2.41. The molecule has 0 spiro atoms. The lowest BCUT2D eigenvalue weighted by atomic mass is 9.62. The maximum absolute atomic E-state index is 10.6. The van der Waals surface area contributed by atoms with Crippen molar-refractivity contribution in [3.8, 4) is 0 Å². The summed E-state index contributed by atoms with van der Waals surface area (Å²) < 4.78 is 0. The molecule has 2 fully saturated rings. The molecule has 2 aliphatic carbocycles. The van der Waals surface area contributed by atoms with Gasteiger partial charge in [0.25, 0.3) is 0 Å². The highest BCUT2D eigenvalue weighted by molar-refractivity contribution is 7.07. The Bertz CT molecular complexity index is 324. The molecule has 0 amide bonds. The molecule has 1 nitrogen and oxygen atoms in total. The van der Waals surface area contributed by atoms with Crippen LogP contribution in [0.4, 0.5) is 0 Å². The largest absolute Gasteiger partial charge is 0.392 e. The van der Waals surface area contributed by atoms with Gasteiger partial charge in [-0.3, -0.25) is 0 Å². The first-order valence-electron chi connectivity index (χ1n) is 7.04.